The number of rotatable bonds is 10. The fourth-order valence-corrected chi connectivity index (χ4v) is 4.24. The molecule has 6 heteroatoms. The number of aromatic nitrogens is 3. The third-order valence-corrected chi connectivity index (χ3v) is 6.03. The second-order valence-corrected chi connectivity index (χ2v) is 8.63. The van der Waals surface area contributed by atoms with Gasteiger partial charge in [0.2, 0.25) is 5.91 Å². The van der Waals surface area contributed by atoms with Gasteiger partial charge in [-0.2, -0.15) is 0 Å². The van der Waals surface area contributed by atoms with Crippen molar-refractivity contribution in [3.8, 4) is 0 Å². The molecule has 0 fully saturated rings. The quantitative estimate of drug-likeness (QED) is 0.291. The zero-order valence-electron chi connectivity index (χ0n) is 19.6. The van der Waals surface area contributed by atoms with Gasteiger partial charge in [0.25, 0.3) is 0 Å². The molecule has 0 aliphatic rings. The number of aryl methyl sites for hydroxylation is 1. The van der Waals surface area contributed by atoms with Crippen molar-refractivity contribution in [1.82, 2.24) is 14.5 Å². The van der Waals surface area contributed by atoms with Gasteiger partial charge in [-0.15, -0.1) is 0 Å². The number of para-hydroxylation sites is 1. The minimum absolute atomic E-state index is 0.0769. The number of hydrogen-bond acceptors (Lipinski definition) is 4. The molecule has 172 valence electrons. The van der Waals surface area contributed by atoms with Crippen LogP contribution in [0.4, 0.5) is 11.5 Å². The molecule has 3 N–H and O–H groups in total. The van der Waals surface area contributed by atoms with Gasteiger partial charge in [0.15, 0.2) is 5.82 Å². The second kappa shape index (κ2) is 10.5. The van der Waals surface area contributed by atoms with E-state index in [2.05, 4.69) is 46.9 Å². The van der Waals surface area contributed by atoms with Crippen LogP contribution in [0.2, 0.25) is 0 Å². The largest absolute Gasteiger partial charge is 0.382 e. The summed E-state index contributed by atoms with van der Waals surface area (Å²) in [4.78, 5) is 21.6. The molecule has 0 saturated heterocycles. The number of fused-ring (bicyclic) bond motifs is 3. The van der Waals surface area contributed by atoms with Crippen LogP contribution in [0, 0.1) is 0 Å². The maximum Gasteiger partial charge on any atom is 0.224 e. The van der Waals surface area contributed by atoms with Crippen molar-refractivity contribution in [3.05, 3.63) is 59.9 Å². The van der Waals surface area contributed by atoms with Crippen molar-refractivity contribution in [1.29, 1.82) is 0 Å². The fourth-order valence-electron chi connectivity index (χ4n) is 4.24. The molecule has 0 radical (unpaired) electrons. The summed E-state index contributed by atoms with van der Waals surface area (Å²) in [5, 5.41) is 4.07. The van der Waals surface area contributed by atoms with Crippen LogP contribution in [0.1, 0.15) is 63.8 Å². The second-order valence-electron chi connectivity index (χ2n) is 8.63. The third-order valence-electron chi connectivity index (χ3n) is 6.03. The Kier molecular flexibility index (Phi) is 7.23. The highest BCUT2D eigenvalue weighted by atomic mass is 16.1. The first kappa shape index (κ1) is 22.8. The number of imidazole rings is 1. The molecule has 4 rings (SSSR count). The molecule has 2 aromatic heterocycles. The Bertz CT molecular complexity index is 1240. The lowest BCUT2D eigenvalue weighted by Gasteiger charge is -2.12. The maximum atomic E-state index is 12.1. The van der Waals surface area contributed by atoms with Crippen molar-refractivity contribution < 1.29 is 4.79 Å². The van der Waals surface area contributed by atoms with Gasteiger partial charge >= 0.3 is 0 Å². The van der Waals surface area contributed by atoms with E-state index in [-0.39, 0.29) is 5.91 Å². The molecule has 6 nitrogen and oxygen atoms in total. The van der Waals surface area contributed by atoms with Gasteiger partial charge in [-0.1, -0.05) is 63.4 Å². The van der Waals surface area contributed by atoms with Crippen molar-refractivity contribution in [3.63, 3.8) is 0 Å². The van der Waals surface area contributed by atoms with Crippen LogP contribution in [-0.4, -0.2) is 20.4 Å². The summed E-state index contributed by atoms with van der Waals surface area (Å²) in [5.41, 5.74) is 11.0. The summed E-state index contributed by atoms with van der Waals surface area (Å²) in [5.74, 6) is 1.58. The smallest absolute Gasteiger partial charge is 0.224 e. The van der Waals surface area contributed by atoms with Crippen LogP contribution in [0.5, 0.6) is 0 Å². The fraction of sp³-hybridized carbons (Fsp3) is 0.370. The van der Waals surface area contributed by atoms with Crippen LogP contribution in [0.3, 0.4) is 0 Å². The summed E-state index contributed by atoms with van der Waals surface area (Å²) >= 11 is 0. The number of nitrogens with two attached hydrogens (primary N) is 1. The van der Waals surface area contributed by atoms with E-state index in [1.165, 1.54) is 0 Å². The van der Waals surface area contributed by atoms with Crippen molar-refractivity contribution in [2.24, 2.45) is 0 Å². The van der Waals surface area contributed by atoms with E-state index in [4.69, 9.17) is 10.7 Å². The highest BCUT2D eigenvalue weighted by Crippen LogP contribution is 2.30. The van der Waals surface area contributed by atoms with E-state index in [0.717, 1.165) is 77.5 Å². The molecule has 0 saturated carbocycles. The summed E-state index contributed by atoms with van der Waals surface area (Å²) in [6, 6.07) is 16.2. The first-order chi connectivity index (χ1) is 16.1. The standard InChI is InChI=1S/C27H33N5O/c1-3-5-7-13-24(33)29-20-16-14-19(15-17-20)18-32-23(12-6-4-2)31-25-26(32)21-10-8-9-11-22(21)30-27(25)28/h8-11,14-17H,3-7,12-13,18H2,1-2H3,(H2,28,30)(H,29,33). The summed E-state index contributed by atoms with van der Waals surface area (Å²) < 4.78 is 2.28. The number of benzene rings is 2. The molecule has 0 spiro atoms. The molecule has 2 aromatic carbocycles. The summed E-state index contributed by atoms with van der Waals surface area (Å²) in [6.07, 6.45) is 6.76. The Balaban J connectivity index is 1.64. The topological polar surface area (TPSA) is 85.8 Å². The number of amides is 1. The SMILES string of the molecule is CCCCCC(=O)Nc1ccc(Cn2c(CCCC)nc3c(N)nc4ccccc4c32)cc1. The van der Waals surface area contributed by atoms with Gasteiger partial charge in [0.05, 0.1) is 11.0 Å². The highest BCUT2D eigenvalue weighted by molar-refractivity contribution is 6.06. The monoisotopic (exact) mass is 443 g/mol. The Morgan fingerprint density at radius 1 is 0.970 bits per heavy atom. The van der Waals surface area contributed by atoms with Gasteiger partial charge in [0, 0.05) is 30.5 Å². The Labute approximate surface area is 195 Å². The molecule has 1 amide bonds. The van der Waals surface area contributed by atoms with Crippen LogP contribution in [0.15, 0.2) is 48.5 Å². The summed E-state index contributed by atoms with van der Waals surface area (Å²) in [7, 11) is 0. The maximum absolute atomic E-state index is 12.1. The van der Waals surface area contributed by atoms with Gasteiger partial charge in [0.1, 0.15) is 11.3 Å². The van der Waals surface area contributed by atoms with Crippen LogP contribution in [0.25, 0.3) is 21.9 Å². The van der Waals surface area contributed by atoms with E-state index < -0.39 is 0 Å². The Hall–Kier alpha value is -3.41. The van der Waals surface area contributed by atoms with E-state index in [0.29, 0.717) is 18.8 Å². The number of anilines is 2. The first-order valence-corrected chi connectivity index (χ1v) is 12.0. The molecule has 0 aliphatic heterocycles. The van der Waals surface area contributed by atoms with Crippen LogP contribution >= 0.6 is 0 Å². The minimum atomic E-state index is 0.0769. The molecule has 4 aromatic rings. The van der Waals surface area contributed by atoms with Gasteiger partial charge in [-0.25, -0.2) is 9.97 Å². The number of nitrogens with zero attached hydrogens (tertiary/aromatic N) is 3. The van der Waals surface area contributed by atoms with Crippen molar-refractivity contribution in [2.45, 2.75) is 65.3 Å². The van der Waals surface area contributed by atoms with Crippen molar-refractivity contribution in [2.75, 3.05) is 11.1 Å². The van der Waals surface area contributed by atoms with E-state index in [1.807, 2.05) is 30.3 Å². The lowest BCUT2D eigenvalue weighted by atomic mass is 10.1. The van der Waals surface area contributed by atoms with Crippen molar-refractivity contribution >= 4 is 39.3 Å². The predicted molar refractivity (Wildman–Crippen MR) is 136 cm³/mol. The number of carbonyl (C=O) groups excluding carboxylic acids is 1. The lowest BCUT2D eigenvalue weighted by molar-refractivity contribution is -0.116. The zero-order valence-corrected chi connectivity index (χ0v) is 19.6. The number of pyridine rings is 1. The van der Waals surface area contributed by atoms with E-state index in [9.17, 15) is 4.79 Å². The minimum Gasteiger partial charge on any atom is -0.382 e. The van der Waals surface area contributed by atoms with Gasteiger partial charge < -0.3 is 15.6 Å². The molecule has 0 unspecified atom stereocenters. The number of unbranched alkanes of at least 4 members (excludes halogenated alkanes) is 3. The van der Waals surface area contributed by atoms with Gasteiger partial charge in [-0.3, -0.25) is 4.79 Å². The Morgan fingerprint density at radius 3 is 2.48 bits per heavy atom. The average Bonchev–Trinajstić information content (AvgIpc) is 3.18. The third kappa shape index (κ3) is 5.16. The van der Waals surface area contributed by atoms with E-state index in [1.54, 1.807) is 0 Å². The first-order valence-electron chi connectivity index (χ1n) is 12.0. The average molecular weight is 444 g/mol. The Morgan fingerprint density at radius 2 is 1.73 bits per heavy atom. The molecule has 0 aliphatic carbocycles. The molecule has 0 bridgehead atoms. The number of carbonyl (C=O) groups is 1. The molecule has 33 heavy (non-hydrogen) atoms. The normalized spacial score (nSPS) is 11.3. The molecule has 2 heterocycles. The van der Waals surface area contributed by atoms with Crippen LogP contribution in [-0.2, 0) is 17.8 Å². The number of nitrogens with one attached hydrogen (secondary N) is 1. The van der Waals surface area contributed by atoms with E-state index >= 15 is 0 Å². The molecular formula is C27H33N5O. The number of hydrogen-bond donors (Lipinski definition) is 2. The molecule has 0 atom stereocenters. The highest BCUT2D eigenvalue weighted by Gasteiger charge is 2.17. The molecular weight excluding hydrogens is 410 g/mol. The van der Waals surface area contributed by atoms with Gasteiger partial charge in [-0.05, 0) is 36.6 Å². The lowest BCUT2D eigenvalue weighted by Crippen LogP contribution is -2.11. The zero-order chi connectivity index (χ0) is 23.2. The summed E-state index contributed by atoms with van der Waals surface area (Å²) in [6.45, 7) is 5.02. The van der Waals surface area contributed by atoms with Crippen LogP contribution < -0.4 is 11.1 Å². The predicted octanol–water partition coefficient (Wildman–Crippen LogP) is 6.08. The number of nitrogen functional groups attached to an aromatic ring is 1.